The van der Waals surface area contributed by atoms with Crippen molar-refractivity contribution >= 4 is 69.6 Å². The van der Waals surface area contributed by atoms with Gasteiger partial charge in [0.25, 0.3) is 17.4 Å². The van der Waals surface area contributed by atoms with Gasteiger partial charge < -0.3 is 25.8 Å². The maximum absolute atomic E-state index is 13.3. The Labute approximate surface area is 261 Å². The molecule has 0 aromatic carbocycles. The summed E-state index contributed by atoms with van der Waals surface area (Å²) in [5, 5.41) is 10.4. The maximum Gasteiger partial charge on any atom is 0.287 e. The summed E-state index contributed by atoms with van der Waals surface area (Å²) in [6.45, 7) is -0.198. The maximum atomic E-state index is 13.3. The van der Waals surface area contributed by atoms with E-state index in [2.05, 4.69) is 21.3 Å². The zero-order valence-corrected chi connectivity index (χ0v) is 25.6. The van der Waals surface area contributed by atoms with E-state index in [1.165, 1.54) is 61.7 Å². The molecule has 7 atom stereocenters. The van der Waals surface area contributed by atoms with Crippen molar-refractivity contribution in [1.82, 2.24) is 20.5 Å². The van der Waals surface area contributed by atoms with Crippen LogP contribution in [0.2, 0.25) is 8.67 Å². The fourth-order valence-electron chi connectivity index (χ4n) is 8.20. The van der Waals surface area contributed by atoms with Gasteiger partial charge in [0.05, 0.1) is 9.90 Å². The van der Waals surface area contributed by atoms with Crippen LogP contribution in [-0.2, 0) is 25.7 Å². The predicted octanol–water partition coefficient (Wildman–Crippen LogP) is 2.60. The minimum Gasteiger partial charge on any atom is -0.353 e. The Morgan fingerprint density at radius 1 is 1.14 bits per heavy atom. The normalized spacial score (nSPS) is 28.1. The van der Waals surface area contributed by atoms with Crippen LogP contribution in [0, 0.1) is 29.1 Å². The van der Waals surface area contributed by atoms with E-state index in [1.807, 2.05) is 0 Å². The standard InChI is InChI=1S/C29H31Cl2N5O6S/c1-32-27(41)19(37)5-4-17(33-25(39)15-8-20(30)43-24(15)31)26(40)34-18-3-2-6-36(28(18)42)12-21(38)35-23-14-7-13-9-29(10-14)11-16(23)22(13)29/h2-3,6,8,13-14,16-17,22-23H,4-5,7,9-12H2,1H3,(H,32,41)(H,33,39)(H,34,40)(H,35,38)/t13?,14?,16?,17-,22?,23?,29?/m0/s1. The van der Waals surface area contributed by atoms with Gasteiger partial charge in [0.1, 0.15) is 22.6 Å². The van der Waals surface area contributed by atoms with E-state index in [4.69, 9.17) is 23.2 Å². The summed E-state index contributed by atoms with van der Waals surface area (Å²) >= 11 is 13.0. The molecule has 8 rings (SSSR count). The summed E-state index contributed by atoms with van der Waals surface area (Å²) in [4.78, 5) is 76.2. The lowest BCUT2D eigenvalue weighted by Gasteiger charge is -2.79. The van der Waals surface area contributed by atoms with Crippen LogP contribution < -0.4 is 26.8 Å². The topological polar surface area (TPSA) is 155 Å². The molecule has 0 saturated heterocycles. The number of pyridine rings is 1. The molecule has 2 aromatic rings. The first-order valence-corrected chi connectivity index (χ1v) is 15.9. The van der Waals surface area contributed by atoms with E-state index in [0.29, 0.717) is 17.3 Å². The zero-order chi connectivity index (χ0) is 30.6. The minimum atomic E-state index is -1.30. The lowest BCUT2D eigenvalue weighted by atomic mass is 9.27. The van der Waals surface area contributed by atoms with Crippen LogP contribution in [0.1, 0.15) is 48.9 Å². The molecular weight excluding hydrogens is 617 g/mol. The second-order valence-electron chi connectivity index (χ2n) is 12.2. The Kier molecular flexibility index (Phi) is 7.89. The fraction of sp³-hybridized carbons (Fsp3) is 0.517. The molecule has 14 heteroatoms. The number of amides is 4. The van der Waals surface area contributed by atoms with Crippen LogP contribution in [0.3, 0.4) is 0 Å². The second-order valence-corrected chi connectivity index (χ2v) is 14.4. The number of hydrogen-bond donors (Lipinski definition) is 4. The Hall–Kier alpha value is -3.22. The van der Waals surface area contributed by atoms with Crippen molar-refractivity contribution in [2.75, 3.05) is 12.4 Å². The van der Waals surface area contributed by atoms with Gasteiger partial charge in [-0.2, -0.15) is 0 Å². The number of nitrogens with zero attached hydrogens (tertiary/aromatic N) is 1. The molecule has 6 saturated carbocycles. The monoisotopic (exact) mass is 647 g/mol. The molecule has 6 aliphatic rings. The molecule has 43 heavy (non-hydrogen) atoms. The van der Waals surface area contributed by atoms with Gasteiger partial charge in [-0.25, -0.2) is 0 Å². The number of nitrogens with one attached hydrogen (secondary N) is 4. The quantitative estimate of drug-likeness (QED) is 0.275. The van der Waals surface area contributed by atoms with Gasteiger partial charge in [0, 0.05) is 25.7 Å². The highest BCUT2D eigenvalue weighted by molar-refractivity contribution is 7.20. The van der Waals surface area contributed by atoms with Crippen molar-refractivity contribution in [3.63, 3.8) is 0 Å². The van der Waals surface area contributed by atoms with Crippen LogP contribution in [-0.4, -0.2) is 53.1 Å². The molecule has 228 valence electrons. The molecule has 0 aliphatic heterocycles. The molecule has 4 amide bonds. The molecule has 0 radical (unpaired) electrons. The van der Waals surface area contributed by atoms with Crippen molar-refractivity contribution < 1.29 is 24.0 Å². The molecule has 6 unspecified atom stereocenters. The van der Waals surface area contributed by atoms with Crippen molar-refractivity contribution in [3.8, 4) is 0 Å². The zero-order valence-electron chi connectivity index (χ0n) is 23.3. The molecule has 2 aromatic heterocycles. The number of carbonyl (C=O) groups excluding carboxylic acids is 5. The highest BCUT2D eigenvalue weighted by Gasteiger charge is 2.74. The predicted molar refractivity (Wildman–Crippen MR) is 160 cm³/mol. The van der Waals surface area contributed by atoms with Gasteiger partial charge in [-0.3, -0.25) is 28.8 Å². The van der Waals surface area contributed by atoms with Crippen LogP contribution in [0.4, 0.5) is 5.69 Å². The largest absolute Gasteiger partial charge is 0.353 e. The highest BCUT2D eigenvalue weighted by Crippen LogP contribution is 2.79. The molecule has 5 bridgehead atoms. The number of thiophene rings is 1. The molecule has 6 aliphatic carbocycles. The van der Waals surface area contributed by atoms with Crippen molar-refractivity contribution in [1.29, 1.82) is 0 Å². The SMILES string of the molecule is CNC(=O)C(=O)CC[C@H](NC(=O)c1cc(Cl)sc1Cl)C(=O)Nc1cccn(CC(=O)NC2C3CC4CC5(C3)CC2C45)c1=O. The number of rotatable bonds is 11. The molecule has 1 spiro atoms. The number of anilines is 1. The Morgan fingerprint density at radius 3 is 2.56 bits per heavy atom. The first kappa shape index (κ1) is 29.8. The first-order chi connectivity index (χ1) is 20.5. The number of aromatic nitrogens is 1. The number of halogens is 2. The molecule has 2 heterocycles. The fourth-order valence-corrected chi connectivity index (χ4v) is 9.66. The minimum absolute atomic E-state index is 0.0421. The van der Waals surface area contributed by atoms with E-state index in [1.54, 1.807) is 0 Å². The van der Waals surface area contributed by atoms with E-state index in [0.717, 1.165) is 23.2 Å². The van der Waals surface area contributed by atoms with Crippen LogP contribution in [0.25, 0.3) is 0 Å². The van der Waals surface area contributed by atoms with Crippen LogP contribution in [0.15, 0.2) is 29.2 Å². The Bertz CT molecular complexity index is 1590. The van der Waals surface area contributed by atoms with E-state index >= 15 is 0 Å². The lowest BCUT2D eigenvalue weighted by Crippen LogP contribution is -2.76. The van der Waals surface area contributed by atoms with Gasteiger partial charge in [-0.15, -0.1) is 11.3 Å². The van der Waals surface area contributed by atoms with Crippen LogP contribution >= 0.6 is 34.5 Å². The molecular formula is C29H31Cl2N5O6S. The van der Waals surface area contributed by atoms with Crippen molar-refractivity contribution in [2.45, 2.75) is 57.2 Å². The summed E-state index contributed by atoms with van der Waals surface area (Å²) in [5.41, 5.74) is -0.106. The third-order valence-corrected chi connectivity index (χ3v) is 11.3. The van der Waals surface area contributed by atoms with Gasteiger partial charge in [-0.05, 0) is 79.4 Å². The summed E-state index contributed by atoms with van der Waals surface area (Å²) in [7, 11) is 1.30. The number of Topliss-reactive ketones (excluding diaryl/α,β-unsaturated/α-hetero) is 1. The van der Waals surface area contributed by atoms with Crippen LogP contribution in [0.5, 0.6) is 0 Å². The lowest BCUT2D eigenvalue weighted by molar-refractivity contribution is -0.289. The summed E-state index contributed by atoms with van der Waals surface area (Å²) in [5.74, 6) is -0.741. The summed E-state index contributed by atoms with van der Waals surface area (Å²) in [6, 6.07) is 3.12. The average Bonchev–Trinajstić information content (AvgIpc) is 3.31. The third kappa shape index (κ3) is 5.38. The smallest absolute Gasteiger partial charge is 0.287 e. The molecule has 6 fully saturated rings. The summed E-state index contributed by atoms with van der Waals surface area (Å²) in [6.07, 6.45) is 5.81. The first-order valence-electron chi connectivity index (χ1n) is 14.3. The highest BCUT2D eigenvalue weighted by atomic mass is 35.5. The van der Waals surface area contributed by atoms with Gasteiger partial charge >= 0.3 is 0 Å². The Balaban J connectivity index is 1.12. The number of hydrogen-bond acceptors (Lipinski definition) is 7. The molecule has 11 nitrogen and oxygen atoms in total. The average molecular weight is 649 g/mol. The number of likely N-dealkylation sites (N-methyl/N-ethyl adjacent to an activating group) is 1. The van der Waals surface area contributed by atoms with Crippen molar-refractivity contribution in [3.05, 3.63) is 49.0 Å². The number of ketones is 1. The number of carbonyl (C=O) groups is 5. The van der Waals surface area contributed by atoms with Gasteiger partial charge in [0.2, 0.25) is 17.6 Å². The van der Waals surface area contributed by atoms with Gasteiger partial charge in [0.15, 0.2) is 0 Å². The Morgan fingerprint density at radius 2 is 1.91 bits per heavy atom. The van der Waals surface area contributed by atoms with E-state index in [9.17, 15) is 28.8 Å². The molecule has 4 N–H and O–H groups in total. The van der Waals surface area contributed by atoms with E-state index < -0.39 is 35.1 Å². The summed E-state index contributed by atoms with van der Waals surface area (Å²) < 4.78 is 1.60. The van der Waals surface area contributed by atoms with Crippen molar-refractivity contribution in [2.24, 2.45) is 29.1 Å². The third-order valence-electron chi connectivity index (χ3n) is 9.81. The van der Waals surface area contributed by atoms with E-state index in [-0.39, 0.29) is 51.3 Å². The second kappa shape index (κ2) is 11.4. The van der Waals surface area contributed by atoms with Gasteiger partial charge in [-0.1, -0.05) is 23.2 Å².